The van der Waals surface area contributed by atoms with Gasteiger partial charge in [-0.1, -0.05) is 31.5 Å². The number of nitrogens with one attached hydrogen (secondary N) is 1. The van der Waals surface area contributed by atoms with Crippen molar-refractivity contribution < 1.29 is 14.7 Å². The molecule has 0 aliphatic carbocycles. The van der Waals surface area contributed by atoms with Crippen molar-refractivity contribution in [1.29, 1.82) is 0 Å². The van der Waals surface area contributed by atoms with Crippen LogP contribution in [0.15, 0.2) is 30.3 Å². The molecular weight excluding hydrogens is 342 g/mol. The number of halogens is 1. The van der Waals surface area contributed by atoms with E-state index in [-0.39, 0.29) is 18.0 Å². The van der Waals surface area contributed by atoms with Crippen LogP contribution in [0.2, 0.25) is 5.02 Å². The first-order valence-corrected chi connectivity index (χ1v) is 8.37. The first-order chi connectivity index (χ1) is 11.6. The Balaban J connectivity index is 2.28. The van der Waals surface area contributed by atoms with E-state index >= 15 is 0 Å². The standard InChI is InChI=1S/C18H22ClN3O3/c1-11(2)18(4,10-16(23)24)20-17(25)15-8-12(3)22(21-15)14-7-5-6-13(19)9-14/h5-9,11H,10H2,1-4H3,(H,20,25)(H,23,24). The summed E-state index contributed by atoms with van der Waals surface area (Å²) in [4.78, 5) is 23.7. The predicted molar refractivity (Wildman–Crippen MR) is 96.3 cm³/mol. The van der Waals surface area contributed by atoms with Crippen LogP contribution in [0.3, 0.4) is 0 Å². The van der Waals surface area contributed by atoms with Crippen LogP contribution in [0.5, 0.6) is 0 Å². The Labute approximate surface area is 151 Å². The molecule has 1 amide bonds. The molecule has 2 rings (SSSR count). The van der Waals surface area contributed by atoms with E-state index < -0.39 is 17.4 Å². The minimum Gasteiger partial charge on any atom is -0.481 e. The highest BCUT2D eigenvalue weighted by molar-refractivity contribution is 6.30. The van der Waals surface area contributed by atoms with Crippen LogP contribution in [0.1, 0.15) is 43.4 Å². The van der Waals surface area contributed by atoms with Gasteiger partial charge in [-0.05, 0) is 44.0 Å². The summed E-state index contributed by atoms with van der Waals surface area (Å²) in [6.07, 6.45) is -0.162. The smallest absolute Gasteiger partial charge is 0.305 e. The quantitative estimate of drug-likeness (QED) is 0.823. The van der Waals surface area contributed by atoms with Gasteiger partial charge < -0.3 is 10.4 Å². The second-order valence-corrected chi connectivity index (χ2v) is 7.10. The van der Waals surface area contributed by atoms with Crippen LogP contribution in [0.25, 0.3) is 5.69 Å². The summed E-state index contributed by atoms with van der Waals surface area (Å²) in [5, 5.41) is 16.9. The SMILES string of the molecule is Cc1cc(C(=O)NC(C)(CC(=O)O)C(C)C)nn1-c1cccc(Cl)c1. The highest BCUT2D eigenvalue weighted by atomic mass is 35.5. The van der Waals surface area contributed by atoms with E-state index in [1.54, 1.807) is 35.9 Å². The molecule has 0 bridgehead atoms. The molecule has 2 N–H and O–H groups in total. The molecule has 6 nitrogen and oxygen atoms in total. The van der Waals surface area contributed by atoms with Crippen molar-refractivity contribution in [3.05, 3.63) is 46.7 Å². The molecule has 134 valence electrons. The Kier molecular flexibility index (Phi) is 5.52. The minimum atomic E-state index is -0.961. The average molecular weight is 364 g/mol. The van der Waals surface area contributed by atoms with E-state index in [1.165, 1.54) is 0 Å². The Morgan fingerprint density at radius 1 is 1.36 bits per heavy atom. The largest absolute Gasteiger partial charge is 0.481 e. The molecule has 25 heavy (non-hydrogen) atoms. The molecule has 1 atom stereocenters. The van der Waals surface area contributed by atoms with Gasteiger partial charge in [0.15, 0.2) is 5.69 Å². The lowest BCUT2D eigenvalue weighted by molar-refractivity contribution is -0.138. The fraction of sp³-hybridized carbons (Fsp3) is 0.389. The summed E-state index contributed by atoms with van der Waals surface area (Å²) < 4.78 is 1.63. The molecule has 0 aliphatic heterocycles. The lowest BCUT2D eigenvalue weighted by Gasteiger charge is -2.33. The van der Waals surface area contributed by atoms with E-state index in [1.807, 2.05) is 26.8 Å². The van der Waals surface area contributed by atoms with Gasteiger partial charge >= 0.3 is 5.97 Å². The first-order valence-electron chi connectivity index (χ1n) is 7.99. The summed E-state index contributed by atoms with van der Waals surface area (Å²) >= 11 is 6.01. The second-order valence-electron chi connectivity index (χ2n) is 6.66. The summed E-state index contributed by atoms with van der Waals surface area (Å²) in [6, 6.07) is 8.83. The van der Waals surface area contributed by atoms with Crippen LogP contribution in [0.4, 0.5) is 0 Å². The van der Waals surface area contributed by atoms with Crippen LogP contribution in [-0.2, 0) is 4.79 Å². The number of carboxylic acid groups (broad SMARTS) is 1. The van der Waals surface area contributed by atoms with Gasteiger partial charge in [0.25, 0.3) is 5.91 Å². The molecule has 0 saturated carbocycles. The van der Waals surface area contributed by atoms with E-state index in [0.29, 0.717) is 5.02 Å². The van der Waals surface area contributed by atoms with Crippen molar-refractivity contribution >= 4 is 23.5 Å². The van der Waals surface area contributed by atoms with Gasteiger partial charge in [0.2, 0.25) is 0 Å². The molecular formula is C18H22ClN3O3. The summed E-state index contributed by atoms with van der Waals surface area (Å²) in [5.41, 5.74) is 0.893. The molecule has 0 fully saturated rings. The topological polar surface area (TPSA) is 84.2 Å². The molecule has 1 aromatic heterocycles. The van der Waals surface area contributed by atoms with Crippen molar-refractivity contribution in [3.8, 4) is 5.69 Å². The maximum absolute atomic E-state index is 12.6. The Bertz CT molecular complexity index is 801. The van der Waals surface area contributed by atoms with Gasteiger partial charge in [-0.3, -0.25) is 9.59 Å². The number of rotatable bonds is 6. The number of aromatic nitrogens is 2. The maximum atomic E-state index is 12.6. The van der Waals surface area contributed by atoms with Gasteiger partial charge in [0.05, 0.1) is 17.6 Å². The number of hydrogen-bond acceptors (Lipinski definition) is 3. The van der Waals surface area contributed by atoms with Crippen molar-refractivity contribution in [2.45, 2.75) is 39.7 Å². The highest BCUT2D eigenvalue weighted by Gasteiger charge is 2.33. The number of aryl methyl sites for hydroxylation is 1. The maximum Gasteiger partial charge on any atom is 0.305 e. The number of hydrogen-bond donors (Lipinski definition) is 2. The molecule has 1 heterocycles. The molecule has 0 radical (unpaired) electrons. The zero-order valence-electron chi connectivity index (χ0n) is 14.7. The van der Waals surface area contributed by atoms with Gasteiger partial charge in [-0.25, -0.2) is 4.68 Å². The van der Waals surface area contributed by atoms with E-state index in [0.717, 1.165) is 11.4 Å². The van der Waals surface area contributed by atoms with Crippen LogP contribution < -0.4 is 5.32 Å². The third-order valence-corrected chi connectivity index (χ3v) is 4.60. The zero-order valence-corrected chi connectivity index (χ0v) is 15.5. The van der Waals surface area contributed by atoms with Crippen LogP contribution >= 0.6 is 11.6 Å². The van der Waals surface area contributed by atoms with Crippen molar-refractivity contribution in [3.63, 3.8) is 0 Å². The average Bonchev–Trinajstić information content (AvgIpc) is 2.88. The van der Waals surface area contributed by atoms with Gasteiger partial charge in [0.1, 0.15) is 0 Å². The summed E-state index contributed by atoms with van der Waals surface area (Å²) in [7, 11) is 0. The fourth-order valence-electron chi connectivity index (χ4n) is 2.48. The van der Waals surface area contributed by atoms with E-state index in [4.69, 9.17) is 16.7 Å². The number of nitrogens with zero attached hydrogens (tertiary/aromatic N) is 2. The van der Waals surface area contributed by atoms with E-state index in [2.05, 4.69) is 10.4 Å². The van der Waals surface area contributed by atoms with Crippen molar-refractivity contribution in [2.75, 3.05) is 0 Å². The minimum absolute atomic E-state index is 0.0522. The number of benzene rings is 1. The number of carbonyl (C=O) groups is 2. The predicted octanol–water partition coefficient (Wildman–Crippen LogP) is 3.45. The lowest BCUT2D eigenvalue weighted by atomic mass is 9.85. The molecule has 0 saturated heterocycles. The number of carbonyl (C=O) groups excluding carboxylic acids is 1. The molecule has 1 unspecified atom stereocenters. The van der Waals surface area contributed by atoms with Gasteiger partial charge in [0, 0.05) is 10.7 Å². The normalized spacial score (nSPS) is 13.5. The fourth-order valence-corrected chi connectivity index (χ4v) is 2.67. The molecule has 2 aromatic rings. The molecule has 1 aromatic carbocycles. The number of amides is 1. The molecule has 0 aliphatic rings. The summed E-state index contributed by atoms with van der Waals surface area (Å²) in [5.74, 6) is -1.41. The summed E-state index contributed by atoms with van der Waals surface area (Å²) in [6.45, 7) is 7.31. The van der Waals surface area contributed by atoms with E-state index in [9.17, 15) is 9.59 Å². The van der Waals surface area contributed by atoms with Crippen LogP contribution in [-0.4, -0.2) is 32.3 Å². The highest BCUT2D eigenvalue weighted by Crippen LogP contribution is 2.22. The second kappa shape index (κ2) is 7.27. The van der Waals surface area contributed by atoms with Crippen LogP contribution in [0, 0.1) is 12.8 Å². The Morgan fingerprint density at radius 2 is 2.04 bits per heavy atom. The molecule has 0 spiro atoms. The lowest BCUT2D eigenvalue weighted by Crippen LogP contribution is -2.51. The van der Waals surface area contributed by atoms with Crippen molar-refractivity contribution in [2.24, 2.45) is 5.92 Å². The van der Waals surface area contributed by atoms with Gasteiger partial charge in [-0.2, -0.15) is 5.10 Å². The first kappa shape index (κ1) is 19.0. The molecule has 7 heteroatoms. The number of aliphatic carboxylic acids is 1. The zero-order chi connectivity index (χ0) is 18.8. The van der Waals surface area contributed by atoms with Gasteiger partial charge in [-0.15, -0.1) is 0 Å². The Morgan fingerprint density at radius 3 is 2.60 bits per heavy atom. The third-order valence-electron chi connectivity index (χ3n) is 4.36. The number of carboxylic acids is 1. The van der Waals surface area contributed by atoms with Crippen molar-refractivity contribution in [1.82, 2.24) is 15.1 Å². The third kappa shape index (κ3) is 4.39. The Hall–Kier alpha value is -2.34. The monoisotopic (exact) mass is 363 g/mol.